The van der Waals surface area contributed by atoms with E-state index in [0.717, 1.165) is 12.1 Å². The molecule has 0 spiro atoms. The second-order valence-electron chi connectivity index (χ2n) is 2.41. The van der Waals surface area contributed by atoms with Crippen LogP contribution < -0.4 is 0 Å². The van der Waals surface area contributed by atoms with Gasteiger partial charge in [-0.15, -0.1) is 0 Å². The van der Waals surface area contributed by atoms with E-state index in [1.807, 2.05) is 0 Å². The van der Waals surface area contributed by atoms with Crippen molar-refractivity contribution in [1.82, 2.24) is 0 Å². The highest BCUT2D eigenvalue weighted by Crippen LogP contribution is 2.14. The van der Waals surface area contributed by atoms with Crippen LogP contribution in [0.1, 0.15) is 15.9 Å². The zero-order valence-electron chi connectivity index (χ0n) is 6.27. The lowest BCUT2D eigenvalue weighted by atomic mass is 10.1. The summed E-state index contributed by atoms with van der Waals surface area (Å²) >= 11 is 0. The molecule has 1 rings (SSSR count). The van der Waals surface area contributed by atoms with Crippen LogP contribution >= 0.6 is 0 Å². The van der Waals surface area contributed by atoms with Crippen LogP contribution in [-0.2, 0) is 0 Å². The fourth-order valence-corrected chi connectivity index (χ4v) is 0.904. The summed E-state index contributed by atoms with van der Waals surface area (Å²) in [7, 11) is 0. The molecule has 0 bridgehead atoms. The highest BCUT2D eigenvalue weighted by atomic mass is 19.1. The molecular formula is C8H6F2O2. The number of rotatable bonds is 1. The van der Waals surface area contributed by atoms with Gasteiger partial charge in [0.05, 0.1) is 0 Å². The second-order valence-corrected chi connectivity index (χ2v) is 2.41. The van der Waals surface area contributed by atoms with Crippen molar-refractivity contribution in [2.45, 2.75) is 6.92 Å². The molecule has 1 aromatic rings. The standard InChI is InChI=1S/C8H6F2O2/c1-4-2-5(9)7(8(11)12)6(10)3-4/h2-3H,1H3,(H,11,12). The van der Waals surface area contributed by atoms with Crippen molar-refractivity contribution in [3.8, 4) is 0 Å². The number of carboxylic acids is 1. The van der Waals surface area contributed by atoms with Gasteiger partial charge in [0.1, 0.15) is 17.2 Å². The summed E-state index contributed by atoms with van der Waals surface area (Å²) in [5.74, 6) is -3.68. The number of aryl methyl sites for hydroxylation is 1. The van der Waals surface area contributed by atoms with E-state index in [0.29, 0.717) is 5.56 Å². The Morgan fingerprint density at radius 2 is 1.75 bits per heavy atom. The summed E-state index contributed by atoms with van der Waals surface area (Å²) in [5.41, 5.74) is -0.546. The molecule has 0 aliphatic heterocycles. The molecule has 4 heteroatoms. The maximum absolute atomic E-state index is 12.7. The van der Waals surface area contributed by atoms with Crippen LogP contribution in [-0.4, -0.2) is 11.1 Å². The summed E-state index contributed by atoms with van der Waals surface area (Å²) in [6.07, 6.45) is 0. The van der Waals surface area contributed by atoms with Gasteiger partial charge in [0.15, 0.2) is 0 Å². The van der Waals surface area contributed by atoms with Crippen LogP contribution in [0.2, 0.25) is 0 Å². The van der Waals surface area contributed by atoms with E-state index in [1.54, 1.807) is 0 Å². The Hall–Kier alpha value is -1.45. The zero-order chi connectivity index (χ0) is 9.30. The third kappa shape index (κ3) is 1.42. The molecule has 2 nitrogen and oxygen atoms in total. The van der Waals surface area contributed by atoms with Crippen molar-refractivity contribution < 1.29 is 18.7 Å². The Labute approximate surface area is 67.4 Å². The van der Waals surface area contributed by atoms with Gasteiger partial charge in [-0.3, -0.25) is 0 Å². The molecule has 0 saturated heterocycles. The maximum atomic E-state index is 12.7. The molecule has 1 aromatic carbocycles. The van der Waals surface area contributed by atoms with Gasteiger partial charge in [-0.25, -0.2) is 13.6 Å². The predicted octanol–water partition coefficient (Wildman–Crippen LogP) is 1.97. The van der Waals surface area contributed by atoms with Gasteiger partial charge in [-0.2, -0.15) is 0 Å². The SMILES string of the molecule is Cc1cc(F)c(C(=O)O)c(F)c1. The molecule has 12 heavy (non-hydrogen) atoms. The first-order valence-electron chi connectivity index (χ1n) is 3.21. The first-order chi connectivity index (χ1) is 5.52. The fraction of sp³-hybridized carbons (Fsp3) is 0.125. The monoisotopic (exact) mass is 172 g/mol. The van der Waals surface area contributed by atoms with Gasteiger partial charge in [0, 0.05) is 0 Å². The van der Waals surface area contributed by atoms with Crippen molar-refractivity contribution in [2.24, 2.45) is 0 Å². The van der Waals surface area contributed by atoms with Crippen LogP contribution in [0.5, 0.6) is 0 Å². The van der Waals surface area contributed by atoms with Gasteiger partial charge in [0.2, 0.25) is 0 Å². The number of hydrogen-bond donors (Lipinski definition) is 1. The molecule has 0 aromatic heterocycles. The smallest absolute Gasteiger partial charge is 0.341 e. The molecule has 0 saturated carbocycles. The predicted molar refractivity (Wildman–Crippen MR) is 38.1 cm³/mol. The first kappa shape index (κ1) is 8.64. The summed E-state index contributed by atoms with van der Waals surface area (Å²) < 4.78 is 25.5. The van der Waals surface area contributed by atoms with Crippen molar-refractivity contribution in [3.63, 3.8) is 0 Å². The Bertz CT molecular complexity index is 311. The molecule has 0 atom stereocenters. The highest BCUT2D eigenvalue weighted by molar-refractivity contribution is 5.88. The Kier molecular flexibility index (Phi) is 2.08. The third-order valence-electron chi connectivity index (χ3n) is 1.40. The first-order valence-corrected chi connectivity index (χ1v) is 3.21. The molecule has 0 radical (unpaired) electrons. The Morgan fingerprint density at radius 1 is 1.33 bits per heavy atom. The molecule has 0 heterocycles. The minimum atomic E-state index is -1.59. The Morgan fingerprint density at radius 3 is 2.08 bits per heavy atom. The molecule has 1 N–H and O–H groups in total. The van der Waals surface area contributed by atoms with E-state index >= 15 is 0 Å². The molecule has 0 aliphatic carbocycles. The van der Waals surface area contributed by atoms with Gasteiger partial charge in [0.25, 0.3) is 0 Å². The molecule has 0 unspecified atom stereocenters. The van der Waals surface area contributed by atoms with Crippen LogP contribution in [0.25, 0.3) is 0 Å². The number of carbonyl (C=O) groups is 1. The number of aromatic carboxylic acids is 1. The topological polar surface area (TPSA) is 37.3 Å². The highest BCUT2D eigenvalue weighted by Gasteiger charge is 2.16. The zero-order valence-corrected chi connectivity index (χ0v) is 6.27. The van der Waals surface area contributed by atoms with Gasteiger partial charge < -0.3 is 5.11 Å². The molecule has 64 valence electrons. The summed E-state index contributed by atoms with van der Waals surface area (Å²) in [6.45, 7) is 1.48. The molecule has 0 amide bonds. The van der Waals surface area contributed by atoms with Crippen LogP contribution in [0.4, 0.5) is 8.78 Å². The van der Waals surface area contributed by atoms with E-state index in [9.17, 15) is 13.6 Å². The maximum Gasteiger partial charge on any atom is 0.341 e. The average molecular weight is 172 g/mol. The van der Waals surface area contributed by atoms with E-state index in [1.165, 1.54) is 6.92 Å². The minimum Gasteiger partial charge on any atom is -0.477 e. The van der Waals surface area contributed by atoms with Crippen molar-refractivity contribution in [2.75, 3.05) is 0 Å². The fourth-order valence-electron chi connectivity index (χ4n) is 0.904. The minimum absolute atomic E-state index is 0.356. The van der Waals surface area contributed by atoms with Crippen LogP contribution in [0.3, 0.4) is 0 Å². The summed E-state index contributed by atoms with van der Waals surface area (Å²) in [4.78, 5) is 10.3. The lowest BCUT2D eigenvalue weighted by Crippen LogP contribution is -2.04. The largest absolute Gasteiger partial charge is 0.477 e. The third-order valence-corrected chi connectivity index (χ3v) is 1.40. The summed E-state index contributed by atoms with van der Waals surface area (Å²) in [5, 5.41) is 8.36. The van der Waals surface area contributed by atoms with E-state index in [-0.39, 0.29) is 0 Å². The van der Waals surface area contributed by atoms with E-state index < -0.39 is 23.2 Å². The lowest BCUT2D eigenvalue weighted by molar-refractivity contribution is 0.0686. The summed E-state index contributed by atoms with van der Waals surface area (Å²) in [6, 6.07) is 1.96. The normalized spacial score (nSPS) is 9.92. The van der Waals surface area contributed by atoms with Crippen molar-refractivity contribution >= 4 is 5.97 Å². The second kappa shape index (κ2) is 2.89. The van der Waals surface area contributed by atoms with Gasteiger partial charge in [-0.1, -0.05) is 0 Å². The molecule has 0 fully saturated rings. The van der Waals surface area contributed by atoms with Crippen molar-refractivity contribution in [3.05, 3.63) is 34.9 Å². The van der Waals surface area contributed by atoms with E-state index in [2.05, 4.69) is 0 Å². The lowest BCUT2D eigenvalue weighted by Gasteiger charge is -2.00. The number of carboxylic acid groups (broad SMARTS) is 1. The van der Waals surface area contributed by atoms with Gasteiger partial charge in [-0.05, 0) is 24.6 Å². The Balaban J connectivity index is 3.38. The van der Waals surface area contributed by atoms with Crippen LogP contribution in [0, 0.1) is 18.6 Å². The molecular weight excluding hydrogens is 166 g/mol. The molecule has 0 aliphatic rings. The number of benzene rings is 1. The van der Waals surface area contributed by atoms with Gasteiger partial charge >= 0.3 is 5.97 Å². The van der Waals surface area contributed by atoms with E-state index in [4.69, 9.17) is 5.11 Å². The number of hydrogen-bond acceptors (Lipinski definition) is 1. The van der Waals surface area contributed by atoms with Crippen LogP contribution in [0.15, 0.2) is 12.1 Å². The van der Waals surface area contributed by atoms with Crippen molar-refractivity contribution in [1.29, 1.82) is 0 Å². The average Bonchev–Trinajstić information content (AvgIpc) is 1.82. The quantitative estimate of drug-likeness (QED) is 0.703. The number of halogens is 2.